The standard InChI is InChI=1S/C15H24FN3O/c1-5-9-19(11-15(20)18(3)4)14-8-6-7-13(16)12(14)10-17-2/h6-8,17H,5,9-11H2,1-4H3. The highest BCUT2D eigenvalue weighted by Gasteiger charge is 2.17. The van der Waals surface area contributed by atoms with Gasteiger partial charge in [-0.1, -0.05) is 13.0 Å². The lowest BCUT2D eigenvalue weighted by Gasteiger charge is -2.27. The van der Waals surface area contributed by atoms with E-state index >= 15 is 0 Å². The molecule has 0 fully saturated rings. The van der Waals surface area contributed by atoms with Crippen molar-refractivity contribution >= 4 is 11.6 Å². The third-order valence-electron chi connectivity index (χ3n) is 3.11. The largest absolute Gasteiger partial charge is 0.362 e. The number of carbonyl (C=O) groups is 1. The molecule has 4 nitrogen and oxygen atoms in total. The van der Waals surface area contributed by atoms with Crippen LogP contribution in [0.3, 0.4) is 0 Å². The number of rotatable bonds is 7. The van der Waals surface area contributed by atoms with Crippen molar-refractivity contribution in [3.8, 4) is 0 Å². The SMILES string of the molecule is CCCN(CC(=O)N(C)C)c1cccc(F)c1CNC. The first-order chi connectivity index (χ1) is 9.51. The second kappa shape index (κ2) is 7.85. The Labute approximate surface area is 120 Å². The Morgan fingerprint density at radius 1 is 1.35 bits per heavy atom. The summed E-state index contributed by atoms with van der Waals surface area (Å²) in [6.45, 7) is 3.48. The topological polar surface area (TPSA) is 35.6 Å². The van der Waals surface area contributed by atoms with E-state index in [1.807, 2.05) is 17.9 Å². The fourth-order valence-corrected chi connectivity index (χ4v) is 2.05. The van der Waals surface area contributed by atoms with Gasteiger partial charge in [-0.2, -0.15) is 0 Å². The average molecular weight is 281 g/mol. The number of hydrogen-bond acceptors (Lipinski definition) is 3. The zero-order valence-corrected chi connectivity index (χ0v) is 12.7. The smallest absolute Gasteiger partial charge is 0.241 e. The van der Waals surface area contributed by atoms with Crippen LogP contribution < -0.4 is 10.2 Å². The molecular weight excluding hydrogens is 257 g/mol. The molecule has 0 aliphatic rings. The maximum Gasteiger partial charge on any atom is 0.241 e. The molecule has 0 unspecified atom stereocenters. The van der Waals surface area contributed by atoms with Crippen molar-refractivity contribution in [2.45, 2.75) is 19.9 Å². The molecular formula is C15H24FN3O. The number of nitrogens with zero attached hydrogens (tertiary/aromatic N) is 2. The van der Waals surface area contributed by atoms with Crippen molar-refractivity contribution in [3.63, 3.8) is 0 Å². The minimum atomic E-state index is -0.241. The fraction of sp³-hybridized carbons (Fsp3) is 0.533. The third-order valence-corrected chi connectivity index (χ3v) is 3.11. The number of amides is 1. The van der Waals surface area contributed by atoms with Crippen molar-refractivity contribution < 1.29 is 9.18 Å². The van der Waals surface area contributed by atoms with Gasteiger partial charge in [0.1, 0.15) is 5.82 Å². The van der Waals surface area contributed by atoms with Crippen LogP contribution in [0.4, 0.5) is 10.1 Å². The second-order valence-corrected chi connectivity index (χ2v) is 4.98. The van der Waals surface area contributed by atoms with Gasteiger partial charge in [0.15, 0.2) is 0 Å². The molecule has 1 N–H and O–H groups in total. The van der Waals surface area contributed by atoms with Crippen molar-refractivity contribution in [3.05, 3.63) is 29.6 Å². The van der Waals surface area contributed by atoms with Gasteiger partial charge >= 0.3 is 0 Å². The van der Waals surface area contributed by atoms with E-state index in [4.69, 9.17) is 0 Å². The Kier molecular flexibility index (Phi) is 6.45. The summed E-state index contributed by atoms with van der Waals surface area (Å²) in [5, 5.41) is 2.98. The van der Waals surface area contributed by atoms with Gasteiger partial charge in [0.25, 0.3) is 0 Å². The lowest BCUT2D eigenvalue weighted by molar-refractivity contribution is -0.127. The van der Waals surface area contributed by atoms with E-state index in [9.17, 15) is 9.18 Å². The number of hydrogen-bond donors (Lipinski definition) is 1. The molecule has 1 amide bonds. The molecule has 112 valence electrons. The summed E-state index contributed by atoms with van der Waals surface area (Å²) < 4.78 is 14.0. The predicted octanol–water partition coefficient (Wildman–Crippen LogP) is 1.85. The maximum absolute atomic E-state index is 14.0. The third kappa shape index (κ3) is 4.20. The van der Waals surface area contributed by atoms with Crippen LogP contribution in [0, 0.1) is 5.82 Å². The van der Waals surface area contributed by atoms with Gasteiger partial charge in [0.2, 0.25) is 5.91 Å². The van der Waals surface area contributed by atoms with Crippen LogP contribution in [-0.2, 0) is 11.3 Å². The number of nitrogens with one attached hydrogen (secondary N) is 1. The molecule has 1 rings (SSSR count). The molecule has 0 radical (unpaired) electrons. The summed E-state index contributed by atoms with van der Waals surface area (Å²) >= 11 is 0. The molecule has 0 heterocycles. The van der Waals surface area contributed by atoms with Crippen LogP contribution in [0.25, 0.3) is 0 Å². The molecule has 0 aromatic heterocycles. The molecule has 0 spiro atoms. The summed E-state index contributed by atoms with van der Waals surface area (Å²) in [4.78, 5) is 15.4. The summed E-state index contributed by atoms with van der Waals surface area (Å²) in [5.74, 6) is -0.228. The Morgan fingerprint density at radius 2 is 2.05 bits per heavy atom. The molecule has 0 atom stereocenters. The molecule has 1 aromatic carbocycles. The van der Waals surface area contributed by atoms with Crippen LogP contribution in [0.5, 0.6) is 0 Å². The van der Waals surface area contributed by atoms with E-state index in [2.05, 4.69) is 5.32 Å². The number of halogens is 1. The van der Waals surface area contributed by atoms with E-state index in [1.165, 1.54) is 6.07 Å². The van der Waals surface area contributed by atoms with Gasteiger partial charge in [0, 0.05) is 38.4 Å². The zero-order chi connectivity index (χ0) is 15.1. The van der Waals surface area contributed by atoms with Crippen molar-refractivity contribution in [1.82, 2.24) is 10.2 Å². The van der Waals surface area contributed by atoms with Gasteiger partial charge in [-0.15, -0.1) is 0 Å². The number of benzene rings is 1. The summed E-state index contributed by atoms with van der Waals surface area (Å²) in [7, 11) is 5.24. The Bertz CT molecular complexity index is 449. The number of likely N-dealkylation sites (N-methyl/N-ethyl adjacent to an activating group) is 1. The van der Waals surface area contributed by atoms with Gasteiger partial charge in [-0.05, 0) is 25.6 Å². The van der Waals surface area contributed by atoms with Crippen molar-refractivity contribution in [1.29, 1.82) is 0 Å². The van der Waals surface area contributed by atoms with E-state index in [0.29, 0.717) is 12.1 Å². The van der Waals surface area contributed by atoms with Gasteiger partial charge in [-0.3, -0.25) is 4.79 Å². The summed E-state index contributed by atoms with van der Waals surface area (Å²) in [5.41, 5.74) is 1.39. The monoisotopic (exact) mass is 281 g/mol. The quantitative estimate of drug-likeness (QED) is 0.828. The van der Waals surface area contributed by atoms with Crippen LogP contribution in [0.1, 0.15) is 18.9 Å². The highest BCUT2D eigenvalue weighted by atomic mass is 19.1. The number of anilines is 1. The maximum atomic E-state index is 14.0. The predicted molar refractivity (Wildman–Crippen MR) is 80.4 cm³/mol. The first-order valence-corrected chi connectivity index (χ1v) is 6.88. The minimum absolute atomic E-state index is 0.0121. The Balaban J connectivity index is 3.07. The normalized spacial score (nSPS) is 10.4. The van der Waals surface area contributed by atoms with E-state index in [-0.39, 0.29) is 18.3 Å². The van der Waals surface area contributed by atoms with Crippen LogP contribution in [0.15, 0.2) is 18.2 Å². The molecule has 1 aromatic rings. The molecule has 0 aliphatic carbocycles. The van der Waals surface area contributed by atoms with E-state index < -0.39 is 0 Å². The number of carbonyl (C=O) groups excluding carboxylic acids is 1. The van der Waals surface area contributed by atoms with Crippen LogP contribution in [0.2, 0.25) is 0 Å². The molecule has 20 heavy (non-hydrogen) atoms. The summed E-state index contributed by atoms with van der Waals surface area (Å²) in [6, 6.07) is 5.01. The molecule has 0 saturated heterocycles. The molecule has 5 heteroatoms. The average Bonchev–Trinajstić information content (AvgIpc) is 2.40. The highest BCUT2D eigenvalue weighted by Crippen LogP contribution is 2.23. The first-order valence-electron chi connectivity index (χ1n) is 6.88. The molecule has 0 saturated carbocycles. The van der Waals surface area contributed by atoms with Crippen molar-refractivity contribution in [2.24, 2.45) is 0 Å². The lowest BCUT2D eigenvalue weighted by atomic mass is 10.1. The second-order valence-electron chi connectivity index (χ2n) is 4.98. The highest BCUT2D eigenvalue weighted by molar-refractivity contribution is 5.81. The summed E-state index contributed by atoms with van der Waals surface area (Å²) in [6.07, 6.45) is 0.899. The minimum Gasteiger partial charge on any atom is -0.362 e. The molecule has 0 bridgehead atoms. The molecule has 0 aliphatic heterocycles. The lowest BCUT2D eigenvalue weighted by Crippen LogP contribution is -2.37. The Hall–Kier alpha value is -1.62. The van der Waals surface area contributed by atoms with Crippen LogP contribution >= 0.6 is 0 Å². The van der Waals surface area contributed by atoms with E-state index in [1.54, 1.807) is 32.1 Å². The van der Waals surface area contributed by atoms with Crippen LogP contribution in [-0.4, -0.2) is 45.0 Å². The van der Waals surface area contributed by atoms with Gasteiger partial charge in [0.05, 0.1) is 6.54 Å². The zero-order valence-electron chi connectivity index (χ0n) is 12.7. The first kappa shape index (κ1) is 16.4. The van der Waals surface area contributed by atoms with Crippen molar-refractivity contribution in [2.75, 3.05) is 39.1 Å². The van der Waals surface area contributed by atoms with E-state index in [0.717, 1.165) is 18.7 Å². The van der Waals surface area contributed by atoms with Gasteiger partial charge < -0.3 is 15.1 Å². The van der Waals surface area contributed by atoms with Gasteiger partial charge in [-0.25, -0.2) is 4.39 Å². The Morgan fingerprint density at radius 3 is 2.60 bits per heavy atom. The fourth-order valence-electron chi connectivity index (χ4n) is 2.05.